The Bertz CT molecular complexity index is 520. The molecule has 0 spiro atoms. The average molecular weight is 290 g/mol. The lowest BCUT2D eigenvalue weighted by Crippen LogP contribution is -2.45. The molecule has 5 heteroatoms. The Morgan fingerprint density at radius 2 is 1.86 bits per heavy atom. The van der Waals surface area contributed by atoms with E-state index in [2.05, 4.69) is 5.32 Å². The van der Waals surface area contributed by atoms with E-state index in [9.17, 15) is 15.0 Å². The van der Waals surface area contributed by atoms with E-state index in [1.165, 1.54) is 6.07 Å². The number of nitrogens with zero attached hydrogens (tertiary/aromatic N) is 1. The lowest BCUT2D eigenvalue weighted by atomic mass is 10.0. The van der Waals surface area contributed by atoms with E-state index in [1.807, 2.05) is 4.90 Å². The Morgan fingerprint density at radius 1 is 1.14 bits per heavy atom. The second kappa shape index (κ2) is 5.93. The first-order valence-electron chi connectivity index (χ1n) is 7.66. The summed E-state index contributed by atoms with van der Waals surface area (Å²) >= 11 is 0. The van der Waals surface area contributed by atoms with Gasteiger partial charge < -0.3 is 20.4 Å². The first-order valence-corrected chi connectivity index (χ1v) is 7.66. The summed E-state index contributed by atoms with van der Waals surface area (Å²) in [7, 11) is 0. The molecule has 0 aromatic heterocycles. The average Bonchev–Trinajstić information content (AvgIpc) is 3.33. The fourth-order valence-electron chi connectivity index (χ4n) is 2.83. The van der Waals surface area contributed by atoms with E-state index in [0.717, 1.165) is 44.3 Å². The minimum absolute atomic E-state index is 0.0841. The van der Waals surface area contributed by atoms with Crippen LogP contribution in [0.2, 0.25) is 0 Å². The number of rotatable bonds is 4. The number of carbonyl (C=O) groups excluding carboxylic acids is 1. The number of hydrogen-bond donors (Lipinski definition) is 3. The van der Waals surface area contributed by atoms with Crippen LogP contribution in [0.4, 0.5) is 0 Å². The van der Waals surface area contributed by atoms with Gasteiger partial charge in [-0.1, -0.05) is 6.07 Å². The quantitative estimate of drug-likeness (QED) is 0.736. The number of aromatic hydroxyl groups is 2. The molecular formula is C16H22N2O3. The van der Waals surface area contributed by atoms with E-state index in [1.54, 1.807) is 12.1 Å². The van der Waals surface area contributed by atoms with Crippen molar-refractivity contribution in [2.45, 2.75) is 38.3 Å². The first-order chi connectivity index (χ1) is 10.1. The predicted octanol–water partition coefficient (Wildman–Crippen LogP) is 1.59. The maximum absolute atomic E-state index is 12.0. The van der Waals surface area contributed by atoms with Gasteiger partial charge >= 0.3 is 0 Å². The Labute approximate surface area is 124 Å². The van der Waals surface area contributed by atoms with E-state index in [4.69, 9.17) is 0 Å². The zero-order valence-corrected chi connectivity index (χ0v) is 12.1. The summed E-state index contributed by atoms with van der Waals surface area (Å²) in [5.41, 5.74) is 0.946. The molecule has 114 valence electrons. The molecule has 0 bridgehead atoms. The van der Waals surface area contributed by atoms with Crippen LogP contribution in [-0.2, 0) is 11.3 Å². The Balaban J connectivity index is 1.44. The Kier molecular flexibility index (Phi) is 4.01. The van der Waals surface area contributed by atoms with Gasteiger partial charge in [-0.05, 0) is 43.4 Å². The van der Waals surface area contributed by atoms with E-state index in [0.29, 0.717) is 24.4 Å². The predicted molar refractivity (Wildman–Crippen MR) is 78.9 cm³/mol. The van der Waals surface area contributed by atoms with Gasteiger partial charge in [-0.2, -0.15) is 0 Å². The van der Waals surface area contributed by atoms with Crippen LogP contribution >= 0.6 is 0 Å². The highest BCUT2D eigenvalue weighted by molar-refractivity contribution is 5.81. The molecule has 1 heterocycles. The molecule has 2 fully saturated rings. The second-order valence-corrected chi connectivity index (χ2v) is 6.08. The topological polar surface area (TPSA) is 72.8 Å². The van der Waals surface area contributed by atoms with E-state index >= 15 is 0 Å². The van der Waals surface area contributed by atoms with Gasteiger partial charge in [-0.3, -0.25) is 4.79 Å². The van der Waals surface area contributed by atoms with Gasteiger partial charge in [-0.25, -0.2) is 0 Å². The lowest BCUT2D eigenvalue weighted by Gasteiger charge is -2.32. The number of piperidine rings is 1. The molecule has 1 saturated carbocycles. The fourth-order valence-corrected chi connectivity index (χ4v) is 2.83. The molecule has 5 nitrogen and oxygen atoms in total. The smallest absolute Gasteiger partial charge is 0.225 e. The molecule has 1 aromatic carbocycles. The van der Waals surface area contributed by atoms with Crippen LogP contribution in [-0.4, -0.2) is 40.2 Å². The molecule has 1 aliphatic carbocycles. The van der Waals surface area contributed by atoms with Gasteiger partial charge in [-0.15, -0.1) is 0 Å². The highest BCUT2D eigenvalue weighted by Gasteiger charge is 2.34. The van der Waals surface area contributed by atoms with E-state index < -0.39 is 0 Å². The summed E-state index contributed by atoms with van der Waals surface area (Å²) in [5.74, 6) is 0.483. The van der Waals surface area contributed by atoms with Crippen molar-refractivity contribution in [3.8, 4) is 11.5 Å². The molecule has 1 aliphatic heterocycles. The zero-order chi connectivity index (χ0) is 14.8. The van der Waals surface area contributed by atoms with Crippen molar-refractivity contribution in [3.05, 3.63) is 23.8 Å². The SMILES string of the molecule is O=C(C1CC1)N1CCC(NCc2ccc(O)c(O)c2)CC1. The highest BCUT2D eigenvalue weighted by Crippen LogP contribution is 2.32. The summed E-state index contributed by atoms with van der Waals surface area (Å²) in [4.78, 5) is 14.0. The Morgan fingerprint density at radius 3 is 2.48 bits per heavy atom. The minimum Gasteiger partial charge on any atom is -0.504 e. The van der Waals surface area contributed by atoms with Gasteiger partial charge in [0.2, 0.25) is 5.91 Å². The van der Waals surface area contributed by atoms with Crippen LogP contribution in [0.1, 0.15) is 31.2 Å². The van der Waals surface area contributed by atoms with Crippen LogP contribution < -0.4 is 5.32 Å². The van der Waals surface area contributed by atoms with Gasteiger partial charge in [0.25, 0.3) is 0 Å². The van der Waals surface area contributed by atoms with Gasteiger partial charge in [0.15, 0.2) is 11.5 Å². The first kappa shape index (κ1) is 14.2. The molecule has 1 amide bonds. The number of phenols is 2. The van der Waals surface area contributed by atoms with Crippen molar-refractivity contribution in [2.24, 2.45) is 5.92 Å². The van der Waals surface area contributed by atoms with E-state index in [-0.39, 0.29) is 11.5 Å². The lowest BCUT2D eigenvalue weighted by molar-refractivity contribution is -0.133. The number of benzene rings is 1. The molecule has 0 unspecified atom stereocenters. The molecule has 21 heavy (non-hydrogen) atoms. The Hall–Kier alpha value is -1.75. The van der Waals surface area contributed by atoms with Gasteiger partial charge in [0, 0.05) is 31.6 Å². The normalized spacial score (nSPS) is 19.7. The molecular weight excluding hydrogens is 268 g/mol. The zero-order valence-electron chi connectivity index (χ0n) is 12.1. The maximum Gasteiger partial charge on any atom is 0.225 e. The van der Waals surface area contributed by atoms with Crippen molar-refractivity contribution < 1.29 is 15.0 Å². The minimum atomic E-state index is -0.0920. The molecule has 1 saturated heterocycles. The van der Waals surface area contributed by atoms with Crippen LogP contribution in [0, 0.1) is 5.92 Å². The second-order valence-electron chi connectivity index (χ2n) is 6.08. The number of amides is 1. The molecule has 1 aromatic rings. The van der Waals surface area contributed by atoms with Crippen molar-refractivity contribution in [1.29, 1.82) is 0 Å². The van der Waals surface area contributed by atoms with Crippen molar-refractivity contribution in [1.82, 2.24) is 10.2 Å². The highest BCUT2D eigenvalue weighted by atomic mass is 16.3. The third-order valence-electron chi connectivity index (χ3n) is 4.37. The fraction of sp³-hybridized carbons (Fsp3) is 0.562. The molecule has 3 rings (SSSR count). The summed E-state index contributed by atoms with van der Waals surface area (Å²) < 4.78 is 0. The van der Waals surface area contributed by atoms with Crippen LogP contribution in [0.5, 0.6) is 11.5 Å². The summed E-state index contributed by atoms with van der Waals surface area (Å²) in [5, 5.41) is 22.2. The van der Waals surface area contributed by atoms with Gasteiger partial charge in [0.1, 0.15) is 0 Å². The third-order valence-corrected chi connectivity index (χ3v) is 4.37. The number of phenolic OH excluding ortho intramolecular Hbond substituents is 2. The number of nitrogens with one attached hydrogen (secondary N) is 1. The molecule has 2 aliphatic rings. The van der Waals surface area contributed by atoms with Crippen molar-refractivity contribution >= 4 is 5.91 Å². The van der Waals surface area contributed by atoms with Crippen molar-refractivity contribution in [2.75, 3.05) is 13.1 Å². The number of carbonyl (C=O) groups is 1. The van der Waals surface area contributed by atoms with Gasteiger partial charge in [0.05, 0.1) is 0 Å². The number of likely N-dealkylation sites (tertiary alicyclic amines) is 1. The third kappa shape index (κ3) is 3.47. The molecule has 3 N–H and O–H groups in total. The largest absolute Gasteiger partial charge is 0.504 e. The standard InChI is InChI=1S/C16H22N2O3/c19-14-4-1-11(9-15(14)20)10-17-13-5-7-18(8-6-13)16(21)12-2-3-12/h1,4,9,12-13,17,19-20H,2-3,5-8,10H2. The van der Waals surface area contributed by atoms with Crippen LogP contribution in [0.3, 0.4) is 0 Å². The summed E-state index contributed by atoms with van der Waals surface area (Å²) in [6.07, 6.45) is 4.09. The number of hydrogen-bond acceptors (Lipinski definition) is 4. The molecule has 0 atom stereocenters. The van der Waals surface area contributed by atoms with Crippen LogP contribution in [0.15, 0.2) is 18.2 Å². The monoisotopic (exact) mass is 290 g/mol. The summed E-state index contributed by atoms with van der Waals surface area (Å²) in [6, 6.07) is 5.29. The van der Waals surface area contributed by atoms with Crippen molar-refractivity contribution in [3.63, 3.8) is 0 Å². The maximum atomic E-state index is 12.0. The van der Waals surface area contributed by atoms with Crippen LogP contribution in [0.25, 0.3) is 0 Å². The summed E-state index contributed by atoms with van der Waals surface area (Å²) in [6.45, 7) is 2.34. The molecule has 0 radical (unpaired) electrons.